The lowest BCUT2D eigenvalue weighted by atomic mass is 10.0. The zero-order valence-corrected chi connectivity index (χ0v) is 40.0. The number of allylic oxidation sites excluding steroid dienone is 6. The van der Waals surface area contributed by atoms with Gasteiger partial charge in [0, 0.05) is 19.3 Å². The van der Waals surface area contributed by atoms with Gasteiger partial charge in [-0.3, -0.25) is 14.4 Å². The van der Waals surface area contributed by atoms with Gasteiger partial charge in [0.1, 0.15) is 13.2 Å². The SMILES string of the molecule is CCCCCCCC/C=C/C/C=C/CCC(=O)OCC(COC(=O)CCCCCCCCCCCCCCCCC)OC(=O)CCCCC/C=C/CCCCCCCCC. The standard InChI is InChI=1S/C54H98O6/c1-4-7-10-13-16-19-22-25-27-30-32-35-38-41-44-47-53(56)59-50-51(49-58-52(55)46-43-40-37-34-31-28-24-21-18-15-12-9-6-3)60-54(57)48-45-42-39-36-33-29-26-23-20-17-14-11-8-5-2/h28-29,31,33,37,40,51H,4-27,30,32,34-36,38-39,41-50H2,1-3H3/b31-28+,33-29+,40-37+. The Labute approximate surface area is 372 Å². The largest absolute Gasteiger partial charge is 0.462 e. The molecule has 0 N–H and O–H groups in total. The molecule has 0 saturated heterocycles. The van der Waals surface area contributed by atoms with Crippen molar-refractivity contribution < 1.29 is 28.6 Å². The Balaban J connectivity index is 4.42. The molecule has 350 valence electrons. The third-order valence-corrected chi connectivity index (χ3v) is 11.4. The molecular formula is C54H98O6. The molecule has 60 heavy (non-hydrogen) atoms. The van der Waals surface area contributed by atoms with Gasteiger partial charge in [0.05, 0.1) is 0 Å². The van der Waals surface area contributed by atoms with E-state index in [4.69, 9.17) is 14.2 Å². The van der Waals surface area contributed by atoms with Crippen molar-refractivity contribution in [2.45, 2.75) is 277 Å². The molecule has 0 aromatic heterocycles. The second kappa shape index (κ2) is 49.3. The number of esters is 3. The van der Waals surface area contributed by atoms with Crippen molar-refractivity contribution in [2.75, 3.05) is 13.2 Å². The Kier molecular flexibility index (Phi) is 47.3. The van der Waals surface area contributed by atoms with Crippen molar-refractivity contribution in [1.82, 2.24) is 0 Å². The van der Waals surface area contributed by atoms with Crippen LogP contribution >= 0.6 is 0 Å². The van der Waals surface area contributed by atoms with Crippen LogP contribution in [0.3, 0.4) is 0 Å². The van der Waals surface area contributed by atoms with Gasteiger partial charge in [0.2, 0.25) is 0 Å². The van der Waals surface area contributed by atoms with E-state index in [0.29, 0.717) is 19.3 Å². The summed E-state index contributed by atoms with van der Waals surface area (Å²) in [4.78, 5) is 37.9. The van der Waals surface area contributed by atoms with Crippen molar-refractivity contribution in [3.8, 4) is 0 Å². The summed E-state index contributed by atoms with van der Waals surface area (Å²) in [5.74, 6) is -0.969. The van der Waals surface area contributed by atoms with E-state index in [1.807, 2.05) is 6.08 Å². The molecule has 0 rings (SSSR count). The maximum absolute atomic E-state index is 12.8. The average Bonchev–Trinajstić information content (AvgIpc) is 3.24. The topological polar surface area (TPSA) is 78.9 Å². The van der Waals surface area contributed by atoms with Crippen LogP contribution in [0.15, 0.2) is 36.5 Å². The molecule has 6 nitrogen and oxygen atoms in total. The second-order valence-electron chi connectivity index (χ2n) is 17.4. The first kappa shape index (κ1) is 57.6. The van der Waals surface area contributed by atoms with Crippen LogP contribution in [0.2, 0.25) is 0 Å². The molecule has 0 heterocycles. The molecule has 0 saturated carbocycles. The fraction of sp³-hybridized carbons (Fsp3) is 0.833. The summed E-state index contributed by atoms with van der Waals surface area (Å²) < 4.78 is 16.7. The van der Waals surface area contributed by atoms with Gasteiger partial charge in [-0.1, -0.05) is 224 Å². The van der Waals surface area contributed by atoms with Crippen LogP contribution in [0.4, 0.5) is 0 Å². The molecule has 0 fully saturated rings. The van der Waals surface area contributed by atoms with Crippen molar-refractivity contribution in [2.24, 2.45) is 0 Å². The highest BCUT2D eigenvalue weighted by atomic mass is 16.6. The van der Waals surface area contributed by atoms with Crippen molar-refractivity contribution in [3.63, 3.8) is 0 Å². The van der Waals surface area contributed by atoms with Gasteiger partial charge in [0.15, 0.2) is 6.10 Å². The smallest absolute Gasteiger partial charge is 0.306 e. The number of hydrogen-bond donors (Lipinski definition) is 0. The van der Waals surface area contributed by atoms with Crippen LogP contribution in [0, 0.1) is 0 Å². The van der Waals surface area contributed by atoms with Gasteiger partial charge in [-0.2, -0.15) is 0 Å². The molecule has 0 aromatic rings. The lowest BCUT2D eigenvalue weighted by Gasteiger charge is -2.18. The van der Waals surface area contributed by atoms with E-state index in [9.17, 15) is 14.4 Å². The first-order valence-corrected chi connectivity index (χ1v) is 26.0. The third kappa shape index (κ3) is 46.7. The first-order chi connectivity index (χ1) is 29.5. The van der Waals surface area contributed by atoms with Gasteiger partial charge in [0.25, 0.3) is 0 Å². The molecule has 0 spiro atoms. The van der Waals surface area contributed by atoms with E-state index in [0.717, 1.165) is 64.2 Å². The van der Waals surface area contributed by atoms with Crippen LogP contribution in [-0.2, 0) is 28.6 Å². The third-order valence-electron chi connectivity index (χ3n) is 11.4. The number of rotatable bonds is 47. The monoisotopic (exact) mass is 843 g/mol. The molecule has 0 aliphatic heterocycles. The molecule has 0 aliphatic carbocycles. The molecule has 1 unspecified atom stereocenters. The van der Waals surface area contributed by atoms with Crippen LogP contribution in [0.5, 0.6) is 0 Å². The van der Waals surface area contributed by atoms with Crippen LogP contribution in [0.1, 0.15) is 271 Å². The van der Waals surface area contributed by atoms with E-state index in [1.54, 1.807) is 0 Å². The lowest BCUT2D eigenvalue weighted by Crippen LogP contribution is -2.30. The van der Waals surface area contributed by atoms with Crippen LogP contribution in [-0.4, -0.2) is 37.2 Å². The lowest BCUT2D eigenvalue weighted by molar-refractivity contribution is -0.166. The maximum atomic E-state index is 12.8. The van der Waals surface area contributed by atoms with Crippen molar-refractivity contribution in [3.05, 3.63) is 36.5 Å². The van der Waals surface area contributed by atoms with Crippen LogP contribution in [0.25, 0.3) is 0 Å². The zero-order valence-electron chi connectivity index (χ0n) is 40.0. The Morgan fingerprint density at radius 2 is 0.633 bits per heavy atom. The first-order valence-electron chi connectivity index (χ1n) is 26.0. The number of ether oxygens (including phenoxy) is 3. The summed E-state index contributed by atoms with van der Waals surface area (Å²) in [6.45, 7) is 6.58. The van der Waals surface area contributed by atoms with Gasteiger partial charge < -0.3 is 14.2 Å². The summed E-state index contributed by atoms with van der Waals surface area (Å²) in [6, 6.07) is 0. The minimum Gasteiger partial charge on any atom is -0.462 e. The molecule has 1 atom stereocenters. The summed E-state index contributed by atoms with van der Waals surface area (Å²) in [7, 11) is 0. The predicted molar refractivity (Wildman–Crippen MR) is 256 cm³/mol. The van der Waals surface area contributed by atoms with E-state index in [-0.39, 0.29) is 37.5 Å². The van der Waals surface area contributed by atoms with Gasteiger partial charge in [-0.25, -0.2) is 0 Å². The van der Waals surface area contributed by atoms with E-state index in [2.05, 4.69) is 51.2 Å². The fourth-order valence-electron chi connectivity index (χ4n) is 7.43. The summed E-state index contributed by atoms with van der Waals surface area (Å²) in [6.07, 6.45) is 57.1. The molecule has 0 aliphatic rings. The van der Waals surface area contributed by atoms with Gasteiger partial charge >= 0.3 is 17.9 Å². The zero-order chi connectivity index (χ0) is 43.7. The fourth-order valence-corrected chi connectivity index (χ4v) is 7.43. The summed E-state index contributed by atoms with van der Waals surface area (Å²) in [5.41, 5.74) is 0. The van der Waals surface area contributed by atoms with E-state index < -0.39 is 6.10 Å². The Morgan fingerprint density at radius 3 is 1.05 bits per heavy atom. The number of carbonyl (C=O) groups excluding carboxylic acids is 3. The number of carbonyl (C=O) groups is 3. The van der Waals surface area contributed by atoms with Gasteiger partial charge in [-0.05, 0) is 64.2 Å². The quantitative estimate of drug-likeness (QED) is 0.0263. The molecule has 0 radical (unpaired) electrons. The highest BCUT2D eigenvalue weighted by Crippen LogP contribution is 2.15. The summed E-state index contributed by atoms with van der Waals surface area (Å²) in [5, 5.41) is 0. The minimum atomic E-state index is -0.798. The average molecular weight is 843 g/mol. The Bertz CT molecular complexity index is 1020. The number of unbranched alkanes of at least 4 members (excludes halogenated alkanes) is 30. The Morgan fingerprint density at radius 1 is 0.333 bits per heavy atom. The predicted octanol–water partition coefficient (Wildman–Crippen LogP) is 16.9. The molecule has 6 heteroatoms. The van der Waals surface area contributed by atoms with E-state index in [1.165, 1.54) is 161 Å². The van der Waals surface area contributed by atoms with Crippen molar-refractivity contribution >= 4 is 17.9 Å². The minimum absolute atomic E-state index is 0.0922. The normalized spacial score (nSPS) is 12.2. The number of hydrogen-bond acceptors (Lipinski definition) is 6. The van der Waals surface area contributed by atoms with E-state index >= 15 is 0 Å². The van der Waals surface area contributed by atoms with Crippen molar-refractivity contribution in [1.29, 1.82) is 0 Å². The highest BCUT2D eigenvalue weighted by molar-refractivity contribution is 5.71. The van der Waals surface area contributed by atoms with Crippen LogP contribution < -0.4 is 0 Å². The molecular weight excluding hydrogens is 745 g/mol. The van der Waals surface area contributed by atoms with Gasteiger partial charge in [-0.15, -0.1) is 0 Å². The maximum Gasteiger partial charge on any atom is 0.306 e. The second-order valence-corrected chi connectivity index (χ2v) is 17.4. The molecule has 0 amide bonds. The highest BCUT2D eigenvalue weighted by Gasteiger charge is 2.19. The molecule has 0 aromatic carbocycles. The Hall–Kier alpha value is -2.37. The molecule has 0 bridgehead atoms. The summed E-state index contributed by atoms with van der Waals surface area (Å²) >= 11 is 0.